The Morgan fingerprint density at radius 3 is 2.18 bits per heavy atom. The average Bonchev–Trinajstić information content (AvgIpc) is 2.63. The van der Waals surface area contributed by atoms with Gasteiger partial charge in [-0.3, -0.25) is 14.4 Å². The van der Waals surface area contributed by atoms with Crippen molar-refractivity contribution in [2.24, 2.45) is 0 Å². The summed E-state index contributed by atoms with van der Waals surface area (Å²) in [7, 11) is 0. The maximum atomic E-state index is 12.3. The highest BCUT2D eigenvalue weighted by Gasteiger charge is 2.33. The van der Waals surface area contributed by atoms with E-state index < -0.39 is 23.6 Å². The Bertz CT molecular complexity index is 820. The number of Topliss-reactive ketones (excluding diaryl/α,β-unsaturated/α-hetero) is 1. The predicted octanol–water partition coefficient (Wildman–Crippen LogP) is 3.37. The second-order valence-corrected chi connectivity index (χ2v) is 7.16. The van der Waals surface area contributed by atoms with E-state index in [4.69, 9.17) is 5.11 Å². The average molecular weight is 455 g/mol. The van der Waals surface area contributed by atoms with E-state index in [0.29, 0.717) is 0 Å². The maximum absolute atomic E-state index is 12.3. The zero-order valence-corrected chi connectivity index (χ0v) is 17.2. The number of phenolic OH excluding ortho intramolecular Hbond substituents is 2. The predicted molar refractivity (Wildman–Crippen MR) is 107 cm³/mol. The number of carboxylic acids is 1. The Balaban J connectivity index is 0.000000480. The molecular weight excluding hydrogens is 432 g/mol. The largest absolute Gasteiger partial charge is 0.507 e. The van der Waals surface area contributed by atoms with E-state index in [-0.39, 0.29) is 41.0 Å². The number of ketones is 2. The van der Waals surface area contributed by atoms with Crippen LogP contribution in [0.5, 0.6) is 11.5 Å². The maximum Gasteiger partial charge on any atom is 0.303 e. The molecule has 4 N–H and O–H groups in total. The minimum atomic E-state index is -1.13. The van der Waals surface area contributed by atoms with Gasteiger partial charge in [-0.25, -0.2) is 0 Å². The Morgan fingerprint density at radius 1 is 1.14 bits per heavy atom. The molecule has 8 heteroatoms. The van der Waals surface area contributed by atoms with Crippen LogP contribution in [0.3, 0.4) is 0 Å². The lowest BCUT2D eigenvalue weighted by molar-refractivity contribution is -0.137. The van der Waals surface area contributed by atoms with Crippen LogP contribution in [0.1, 0.15) is 53.8 Å². The minimum Gasteiger partial charge on any atom is -0.507 e. The number of halogens is 1. The molecule has 0 heterocycles. The lowest BCUT2D eigenvalue weighted by atomic mass is 9.85. The number of phenols is 2. The highest BCUT2D eigenvalue weighted by Crippen LogP contribution is 2.35. The fourth-order valence-electron chi connectivity index (χ4n) is 2.42. The Labute approximate surface area is 171 Å². The number of carbonyl (C=O) groups is 3. The lowest BCUT2D eigenvalue weighted by Gasteiger charge is -2.20. The fraction of sp³-hybridized carbons (Fsp3) is 0.350. The van der Waals surface area contributed by atoms with Crippen LogP contribution < -0.4 is 0 Å². The highest BCUT2D eigenvalue weighted by atomic mass is 79.9. The van der Waals surface area contributed by atoms with Crippen molar-refractivity contribution >= 4 is 33.5 Å². The van der Waals surface area contributed by atoms with E-state index in [1.807, 2.05) is 13.8 Å². The number of carbonyl (C=O) groups excluding carboxylic acids is 2. The van der Waals surface area contributed by atoms with Gasteiger partial charge in [-0.15, -0.1) is 0 Å². The molecule has 1 atom stereocenters. The number of hydrogen-bond donors (Lipinski definition) is 4. The summed E-state index contributed by atoms with van der Waals surface area (Å²) >= 11 is 3.11. The van der Waals surface area contributed by atoms with Crippen molar-refractivity contribution in [3.8, 4) is 11.5 Å². The quantitative estimate of drug-likeness (QED) is 0.294. The van der Waals surface area contributed by atoms with Crippen LogP contribution >= 0.6 is 15.9 Å². The summed E-state index contributed by atoms with van der Waals surface area (Å²) < 4.78 is 0. The molecule has 0 bridgehead atoms. The molecule has 28 heavy (non-hydrogen) atoms. The van der Waals surface area contributed by atoms with Gasteiger partial charge in [-0.1, -0.05) is 27.6 Å². The first kappa shape index (κ1) is 23.6. The van der Waals surface area contributed by atoms with E-state index in [1.165, 1.54) is 0 Å². The van der Waals surface area contributed by atoms with Crippen molar-refractivity contribution in [2.45, 2.75) is 39.2 Å². The van der Waals surface area contributed by atoms with E-state index >= 15 is 0 Å². The number of rotatable bonds is 6. The molecule has 0 amide bonds. The number of aliphatic carboxylic acids is 1. The van der Waals surface area contributed by atoms with Gasteiger partial charge in [0.2, 0.25) is 0 Å². The van der Waals surface area contributed by atoms with E-state index in [1.54, 1.807) is 6.08 Å². The summed E-state index contributed by atoms with van der Waals surface area (Å²) in [5.74, 6) is -2.73. The number of benzene rings is 1. The molecule has 7 nitrogen and oxygen atoms in total. The Hall–Kier alpha value is -2.45. The van der Waals surface area contributed by atoms with Crippen molar-refractivity contribution in [1.29, 1.82) is 0 Å². The van der Waals surface area contributed by atoms with Crippen LogP contribution in [-0.4, -0.2) is 49.4 Å². The molecule has 1 aliphatic carbocycles. The normalized spacial score (nSPS) is 13.6. The number of allylic oxidation sites excluding steroid dienone is 2. The van der Waals surface area contributed by atoms with Crippen LogP contribution in [-0.2, 0) is 4.79 Å². The van der Waals surface area contributed by atoms with E-state index in [9.17, 15) is 29.7 Å². The molecule has 0 saturated heterocycles. The van der Waals surface area contributed by atoms with Gasteiger partial charge in [-0.05, 0) is 44.9 Å². The Morgan fingerprint density at radius 2 is 1.71 bits per heavy atom. The van der Waals surface area contributed by atoms with Gasteiger partial charge in [0.1, 0.15) is 11.5 Å². The third-order valence-electron chi connectivity index (χ3n) is 3.82. The molecule has 1 aliphatic rings. The molecule has 0 spiro atoms. The third kappa shape index (κ3) is 6.31. The molecule has 0 aliphatic heterocycles. The molecule has 2 rings (SSSR count). The van der Waals surface area contributed by atoms with Crippen molar-refractivity contribution in [2.75, 3.05) is 5.33 Å². The van der Waals surface area contributed by atoms with Gasteiger partial charge in [0.15, 0.2) is 11.6 Å². The summed E-state index contributed by atoms with van der Waals surface area (Å²) in [6, 6.07) is 2.29. The standard InChI is InChI=1S/C16H16O5.C4H7BrO2/c1-8(2)3-4-10(17)9-7-13(20)14-11(18)5-6-12(19)15(14)16(9)21;5-3-1-2-4(6)7/h3,5-7,10,17-19H,4H2,1-2H3;1-3H2,(H,6,7)/t10-;/m1./s1. The number of fused-ring (bicyclic) bond motifs is 1. The van der Waals surface area contributed by atoms with Gasteiger partial charge in [0.05, 0.1) is 17.2 Å². The molecular formula is C20H23BrO7. The topological polar surface area (TPSA) is 132 Å². The van der Waals surface area contributed by atoms with Crippen LogP contribution in [0.4, 0.5) is 0 Å². The number of aromatic hydroxyl groups is 2. The molecule has 0 fully saturated rings. The summed E-state index contributed by atoms with van der Waals surface area (Å²) in [6.45, 7) is 3.71. The number of carboxylic acid groups (broad SMARTS) is 1. The van der Waals surface area contributed by atoms with E-state index in [0.717, 1.165) is 35.5 Å². The molecule has 1 aromatic rings. The lowest BCUT2D eigenvalue weighted by Crippen LogP contribution is -2.25. The van der Waals surface area contributed by atoms with Gasteiger partial charge in [0.25, 0.3) is 0 Å². The molecule has 0 saturated carbocycles. The summed E-state index contributed by atoms with van der Waals surface area (Å²) in [4.78, 5) is 34.1. The zero-order chi connectivity index (χ0) is 21.4. The molecule has 0 unspecified atom stereocenters. The fourth-order valence-corrected chi connectivity index (χ4v) is 2.70. The van der Waals surface area contributed by atoms with Crippen molar-refractivity contribution in [3.05, 3.63) is 46.6 Å². The van der Waals surface area contributed by atoms with Gasteiger partial charge < -0.3 is 20.4 Å². The first-order chi connectivity index (χ1) is 13.1. The minimum absolute atomic E-state index is 0.0779. The zero-order valence-electron chi connectivity index (χ0n) is 15.6. The first-order valence-electron chi connectivity index (χ1n) is 8.54. The van der Waals surface area contributed by atoms with E-state index in [2.05, 4.69) is 15.9 Å². The molecule has 152 valence electrons. The van der Waals surface area contributed by atoms with Crippen molar-refractivity contribution < 1.29 is 34.8 Å². The smallest absolute Gasteiger partial charge is 0.303 e. The first-order valence-corrected chi connectivity index (χ1v) is 9.67. The highest BCUT2D eigenvalue weighted by molar-refractivity contribution is 9.09. The summed E-state index contributed by atoms with van der Waals surface area (Å²) in [5.41, 5.74) is 0.419. The van der Waals surface area contributed by atoms with Gasteiger partial charge >= 0.3 is 5.97 Å². The molecule has 0 radical (unpaired) electrons. The van der Waals surface area contributed by atoms with Crippen molar-refractivity contribution in [3.63, 3.8) is 0 Å². The van der Waals surface area contributed by atoms with Gasteiger partial charge in [0, 0.05) is 17.3 Å². The number of aliphatic hydroxyl groups is 1. The van der Waals surface area contributed by atoms with Crippen LogP contribution in [0.15, 0.2) is 35.4 Å². The third-order valence-corrected chi connectivity index (χ3v) is 4.38. The monoisotopic (exact) mass is 454 g/mol. The number of alkyl halides is 1. The van der Waals surface area contributed by atoms with Crippen molar-refractivity contribution in [1.82, 2.24) is 0 Å². The summed E-state index contributed by atoms with van der Waals surface area (Å²) in [5, 5.41) is 38.3. The number of hydrogen-bond acceptors (Lipinski definition) is 6. The second kappa shape index (κ2) is 10.8. The van der Waals surface area contributed by atoms with Crippen LogP contribution in [0.25, 0.3) is 0 Å². The summed E-state index contributed by atoms with van der Waals surface area (Å²) in [6.07, 6.45) is 2.82. The molecule has 0 aromatic heterocycles. The second-order valence-electron chi connectivity index (χ2n) is 6.37. The molecule has 1 aromatic carbocycles. The van der Waals surface area contributed by atoms with Gasteiger partial charge in [-0.2, -0.15) is 0 Å². The van der Waals surface area contributed by atoms with Crippen LogP contribution in [0, 0.1) is 0 Å². The SMILES string of the molecule is CC(C)=CC[C@@H](O)C1=CC(=O)c2c(O)ccc(O)c2C1=O.O=C(O)CCCBr. The van der Waals surface area contributed by atoms with Crippen LogP contribution in [0.2, 0.25) is 0 Å². The number of aliphatic hydroxyl groups excluding tert-OH is 1. The Kier molecular flexibility index (Phi) is 9.08.